The third-order valence-corrected chi connectivity index (χ3v) is 4.19. The van der Waals surface area contributed by atoms with Crippen molar-refractivity contribution in [2.45, 2.75) is 20.3 Å². The Kier molecular flexibility index (Phi) is 6.21. The first-order valence-electron chi connectivity index (χ1n) is 7.76. The topological polar surface area (TPSA) is 63.1 Å². The molecule has 1 saturated heterocycles. The highest BCUT2D eigenvalue weighted by molar-refractivity contribution is 6.33. The molecule has 0 aromatic carbocycles. The maximum absolute atomic E-state index is 12.8. The van der Waals surface area contributed by atoms with Crippen molar-refractivity contribution in [2.75, 3.05) is 26.2 Å². The van der Waals surface area contributed by atoms with Gasteiger partial charge in [-0.15, -0.1) is 12.4 Å². The summed E-state index contributed by atoms with van der Waals surface area (Å²) in [6.45, 7) is 6.99. The van der Waals surface area contributed by atoms with Gasteiger partial charge in [-0.3, -0.25) is 4.79 Å². The standard InChI is InChI=1S/C16H20ClN5O.ClH/c1-11-10-12(2)22(20-11)14-5-4-13(17)15(19-14)16(23)21-8-3-6-18-7-9-21;/h4-5,10,18H,3,6-9H2,1-2H3;1H. The van der Waals surface area contributed by atoms with Gasteiger partial charge in [0.1, 0.15) is 5.69 Å². The lowest BCUT2D eigenvalue weighted by atomic mass is 10.3. The van der Waals surface area contributed by atoms with Crippen molar-refractivity contribution in [2.24, 2.45) is 0 Å². The first kappa shape index (κ1) is 18.7. The van der Waals surface area contributed by atoms with E-state index in [9.17, 15) is 4.79 Å². The van der Waals surface area contributed by atoms with Crippen LogP contribution < -0.4 is 5.32 Å². The smallest absolute Gasteiger partial charge is 0.274 e. The van der Waals surface area contributed by atoms with Crippen LogP contribution in [0.5, 0.6) is 0 Å². The summed E-state index contributed by atoms with van der Waals surface area (Å²) in [5.74, 6) is 0.485. The zero-order chi connectivity index (χ0) is 16.4. The first-order valence-corrected chi connectivity index (χ1v) is 8.14. The molecule has 2 aromatic heterocycles. The minimum atomic E-state index is -0.123. The van der Waals surface area contributed by atoms with Gasteiger partial charge in [0.25, 0.3) is 5.91 Å². The fourth-order valence-corrected chi connectivity index (χ4v) is 2.95. The lowest BCUT2D eigenvalue weighted by Crippen LogP contribution is -2.35. The van der Waals surface area contributed by atoms with Crippen molar-refractivity contribution in [1.29, 1.82) is 0 Å². The van der Waals surface area contributed by atoms with Crippen molar-refractivity contribution in [3.63, 3.8) is 0 Å². The van der Waals surface area contributed by atoms with Crippen LogP contribution in [-0.4, -0.2) is 51.8 Å². The molecule has 0 bridgehead atoms. The summed E-state index contributed by atoms with van der Waals surface area (Å²) in [4.78, 5) is 19.1. The summed E-state index contributed by atoms with van der Waals surface area (Å²) in [7, 11) is 0. The van der Waals surface area contributed by atoms with Crippen LogP contribution in [0, 0.1) is 13.8 Å². The number of carbonyl (C=O) groups excluding carboxylic acids is 1. The van der Waals surface area contributed by atoms with Crippen molar-refractivity contribution in [3.05, 3.63) is 40.3 Å². The number of amides is 1. The molecule has 1 N–H and O–H groups in total. The lowest BCUT2D eigenvalue weighted by molar-refractivity contribution is 0.0760. The number of nitrogens with one attached hydrogen (secondary N) is 1. The van der Waals surface area contributed by atoms with Crippen LogP contribution in [0.4, 0.5) is 0 Å². The van der Waals surface area contributed by atoms with Gasteiger partial charge < -0.3 is 10.2 Å². The van der Waals surface area contributed by atoms with Crippen molar-refractivity contribution in [3.8, 4) is 5.82 Å². The van der Waals surface area contributed by atoms with Gasteiger partial charge in [-0.25, -0.2) is 9.67 Å². The second kappa shape index (κ2) is 7.96. The van der Waals surface area contributed by atoms with Gasteiger partial charge in [0, 0.05) is 25.3 Å². The second-order valence-electron chi connectivity index (χ2n) is 5.73. The van der Waals surface area contributed by atoms with Crippen LogP contribution in [-0.2, 0) is 0 Å². The number of pyridine rings is 1. The number of nitrogens with zero attached hydrogens (tertiary/aromatic N) is 4. The Labute approximate surface area is 152 Å². The van der Waals surface area contributed by atoms with Crippen molar-refractivity contribution in [1.82, 2.24) is 25.0 Å². The SMILES string of the molecule is Cc1cc(C)n(-c2ccc(Cl)c(C(=O)N3CCCNCC3)n2)n1.Cl. The maximum Gasteiger partial charge on any atom is 0.274 e. The number of hydrogen-bond acceptors (Lipinski definition) is 4. The Morgan fingerprint density at radius 2 is 2.04 bits per heavy atom. The predicted octanol–water partition coefficient (Wildman–Crippen LogP) is 2.39. The van der Waals surface area contributed by atoms with Crippen molar-refractivity contribution >= 4 is 29.9 Å². The van der Waals surface area contributed by atoms with E-state index in [1.54, 1.807) is 21.7 Å². The minimum Gasteiger partial charge on any atom is -0.336 e. The molecule has 6 nitrogen and oxygen atoms in total. The Morgan fingerprint density at radius 1 is 1.25 bits per heavy atom. The number of hydrogen-bond donors (Lipinski definition) is 1. The summed E-state index contributed by atoms with van der Waals surface area (Å²) in [6.07, 6.45) is 0.931. The van der Waals surface area contributed by atoms with Crippen LogP contribution >= 0.6 is 24.0 Å². The predicted molar refractivity (Wildman–Crippen MR) is 96.5 cm³/mol. The highest BCUT2D eigenvalue weighted by atomic mass is 35.5. The Morgan fingerprint density at radius 3 is 2.75 bits per heavy atom. The van der Waals surface area contributed by atoms with E-state index in [1.807, 2.05) is 19.9 Å². The summed E-state index contributed by atoms with van der Waals surface area (Å²) in [5, 5.41) is 8.07. The van der Waals surface area contributed by atoms with Gasteiger partial charge in [0.05, 0.1) is 10.7 Å². The molecule has 1 aliphatic rings. The molecule has 3 heterocycles. The van der Waals surface area contributed by atoms with Crippen LogP contribution in [0.3, 0.4) is 0 Å². The minimum absolute atomic E-state index is 0. The normalized spacial score (nSPS) is 14.9. The van der Waals surface area contributed by atoms with E-state index in [0.29, 0.717) is 29.6 Å². The number of aryl methyl sites for hydroxylation is 2. The average molecular weight is 370 g/mol. The van der Waals surface area contributed by atoms with E-state index in [4.69, 9.17) is 11.6 Å². The van der Waals surface area contributed by atoms with Gasteiger partial charge in [0.2, 0.25) is 0 Å². The second-order valence-corrected chi connectivity index (χ2v) is 6.14. The molecule has 1 amide bonds. The summed E-state index contributed by atoms with van der Waals surface area (Å²) in [6, 6.07) is 5.46. The quantitative estimate of drug-likeness (QED) is 0.882. The number of rotatable bonds is 2. The molecule has 0 atom stereocenters. The molecular formula is C16H21Cl2N5O. The maximum atomic E-state index is 12.8. The molecule has 130 valence electrons. The number of aromatic nitrogens is 3. The monoisotopic (exact) mass is 369 g/mol. The van der Waals surface area contributed by atoms with E-state index in [2.05, 4.69) is 15.4 Å². The van der Waals surface area contributed by atoms with Gasteiger partial charge in [-0.2, -0.15) is 5.10 Å². The molecule has 0 aliphatic carbocycles. The Hall–Kier alpha value is -1.63. The molecule has 2 aromatic rings. The largest absolute Gasteiger partial charge is 0.336 e. The zero-order valence-corrected chi connectivity index (χ0v) is 15.3. The van der Waals surface area contributed by atoms with Gasteiger partial charge in [-0.1, -0.05) is 11.6 Å². The molecule has 1 aliphatic heterocycles. The molecule has 24 heavy (non-hydrogen) atoms. The zero-order valence-electron chi connectivity index (χ0n) is 13.8. The number of carbonyl (C=O) groups is 1. The first-order chi connectivity index (χ1) is 11.1. The highest BCUT2D eigenvalue weighted by Crippen LogP contribution is 2.19. The fraction of sp³-hybridized carbons (Fsp3) is 0.438. The molecule has 0 radical (unpaired) electrons. The van der Waals surface area contributed by atoms with Crippen molar-refractivity contribution < 1.29 is 4.79 Å². The molecule has 8 heteroatoms. The van der Waals surface area contributed by atoms with E-state index in [1.165, 1.54) is 0 Å². The fourth-order valence-electron chi connectivity index (χ4n) is 2.76. The summed E-state index contributed by atoms with van der Waals surface area (Å²) in [5.41, 5.74) is 2.17. The van der Waals surface area contributed by atoms with Gasteiger partial charge >= 0.3 is 0 Å². The Balaban J connectivity index is 0.00000208. The molecule has 0 unspecified atom stereocenters. The molecule has 3 rings (SSSR count). The third-order valence-electron chi connectivity index (χ3n) is 3.89. The van der Waals surface area contributed by atoms with Crippen LogP contribution in [0.15, 0.2) is 18.2 Å². The average Bonchev–Trinajstić information content (AvgIpc) is 2.74. The molecule has 1 fully saturated rings. The van der Waals surface area contributed by atoms with Crippen LogP contribution in [0.25, 0.3) is 5.82 Å². The summed E-state index contributed by atoms with van der Waals surface area (Å²) < 4.78 is 1.73. The van der Waals surface area contributed by atoms with Crippen LogP contribution in [0.1, 0.15) is 28.3 Å². The van der Waals surface area contributed by atoms with Gasteiger partial charge in [0.15, 0.2) is 5.82 Å². The van der Waals surface area contributed by atoms with E-state index in [-0.39, 0.29) is 18.3 Å². The molecule has 0 saturated carbocycles. The van der Waals surface area contributed by atoms with E-state index >= 15 is 0 Å². The molecular weight excluding hydrogens is 349 g/mol. The number of halogens is 2. The molecule has 0 spiro atoms. The van der Waals surface area contributed by atoms with Gasteiger partial charge in [-0.05, 0) is 45.0 Å². The van der Waals surface area contributed by atoms with Crippen LogP contribution in [0.2, 0.25) is 5.02 Å². The Bertz CT molecular complexity index is 723. The van der Waals surface area contributed by atoms with E-state index < -0.39 is 0 Å². The highest BCUT2D eigenvalue weighted by Gasteiger charge is 2.22. The lowest BCUT2D eigenvalue weighted by Gasteiger charge is -2.20. The third kappa shape index (κ3) is 3.88. The summed E-state index contributed by atoms with van der Waals surface area (Å²) >= 11 is 6.23. The van der Waals surface area contributed by atoms with E-state index in [0.717, 1.165) is 30.9 Å².